The number of hydrogen-bond donors (Lipinski definition) is 2. The van der Waals surface area contributed by atoms with E-state index in [2.05, 4.69) is 10.0 Å². The van der Waals surface area contributed by atoms with Crippen LogP contribution in [0.15, 0.2) is 58.3 Å². The first-order valence-electron chi connectivity index (χ1n) is 10.4. The second-order valence-electron chi connectivity index (χ2n) is 8.09. The van der Waals surface area contributed by atoms with Gasteiger partial charge in [-0.2, -0.15) is 0 Å². The maximum Gasteiger partial charge on any atom is 0.240 e. The highest BCUT2D eigenvalue weighted by Crippen LogP contribution is 2.35. The molecule has 2 N–H and O–H groups in total. The molecule has 1 aliphatic heterocycles. The van der Waals surface area contributed by atoms with E-state index < -0.39 is 10.0 Å². The Hall–Kier alpha value is -1.87. The fourth-order valence-electron chi connectivity index (χ4n) is 3.67. The summed E-state index contributed by atoms with van der Waals surface area (Å²) in [6.45, 7) is 5.09. The molecule has 0 aliphatic carbocycles. The lowest BCUT2D eigenvalue weighted by molar-refractivity contribution is -0.118. The van der Waals surface area contributed by atoms with Crippen molar-refractivity contribution in [3.8, 4) is 0 Å². The molecule has 1 amide bonds. The summed E-state index contributed by atoms with van der Waals surface area (Å²) in [6, 6.07) is 14.9. The van der Waals surface area contributed by atoms with Crippen molar-refractivity contribution in [3.05, 3.63) is 54.1 Å². The van der Waals surface area contributed by atoms with Crippen molar-refractivity contribution in [2.45, 2.75) is 41.9 Å². The van der Waals surface area contributed by atoms with E-state index in [-0.39, 0.29) is 22.1 Å². The summed E-state index contributed by atoms with van der Waals surface area (Å²) in [5.41, 5.74) is 1.32. The van der Waals surface area contributed by atoms with Crippen LogP contribution in [0, 0.1) is 5.92 Å². The van der Waals surface area contributed by atoms with E-state index in [1.165, 1.54) is 17.8 Å². The number of carbonyl (C=O) groups excluding carboxylic acids is 1. The van der Waals surface area contributed by atoms with Crippen LogP contribution in [0.1, 0.15) is 32.3 Å². The molecule has 1 saturated heterocycles. The predicted octanol–water partition coefficient (Wildman–Crippen LogP) is 4.03. The highest BCUT2D eigenvalue weighted by atomic mass is 32.2. The van der Waals surface area contributed by atoms with Gasteiger partial charge in [-0.15, -0.1) is 11.8 Å². The van der Waals surface area contributed by atoms with Crippen LogP contribution in [-0.4, -0.2) is 40.3 Å². The molecule has 0 aromatic heterocycles. The van der Waals surface area contributed by atoms with E-state index in [1.807, 2.05) is 36.6 Å². The molecule has 0 spiro atoms. The second-order valence-corrected chi connectivity index (χ2v) is 10.7. The topological polar surface area (TPSA) is 84.5 Å². The van der Waals surface area contributed by atoms with Crippen molar-refractivity contribution in [1.82, 2.24) is 4.72 Å². The lowest BCUT2D eigenvalue weighted by atomic mass is 9.74. The molecule has 3 rings (SSSR count). The number of anilines is 1. The van der Waals surface area contributed by atoms with E-state index in [9.17, 15) is 13.2 Å². The van der Waals surface area contributed by atoms with Crippen molar-refractivity contribution in [2.75, 3.05) is 31.3 Å². The molecule has 0 saturated carbocycles. The maximum atomic E-state index is 13.2. The van der Waals surface area contributed by atoms with Crippen LogP contribution in [0.25, 0.3) is 0 Å². The Morgan fingerprint density at radius 3 is 2.42 bits per heavy atom. The van der Waals surface area contributed by atoms with Crippen LogP contribution >= 0.6 is 11.8 Å². The van der Waals surface area contributed by atoms with Gasteiger partial charge in [0.2, 0.25) is 15.9 Å². The molecule has 0 atom stereocenters. The van der Waals surface area contributed by atoms with Crippen LogP contribution in [0.4, 0.5) is 5.69 Å². The number of hydrogen-bond acceptors (Lipinski definition) is 5. The maximum absolute atomic E-state index is 13.2. The SMILES string of the molecule is CSc1ccc(S(=O)(=O)NCC2(c3ccccc3)CCOCC2)cc1NC(=O)C(C)C. The zero-order valence-corrected chi connectivity index (χ0v) is 19.8. The molecule has 168 valence electrons. The Kier molecular flexibility index (Phi) is 7.80. The van der Waals surface area contributed by atoms with E-state index in [1.54, 1.807) is 26.0 Å². The zero-order chi connectivity index (χ0) is 22.5. The van der Waals surface area contributed by atoms with E-state index in [4.69, 9.17) is 4.74 Å². The van der Waals surface area contributed by atoms with E-state index in [0.717, 1.165) is 23.3 Å². The summed E-state index contributed by atoms with van der Waals surface area (Å²) in [5, 5.41) is 2.84. The van der Waals surface area contributed by atoms with Gasteiger partial charge in [-0.25, -0.2) is 13.1 Å². The molecule has 2 aromatic rings. The summed E-state index contributed by atoms with van der Waals surface area (Å²) in [5.74, 6) is -0.351. The summed E-state index contributed by atoms with van der Waals surface area (Å²) in [7, 11) is -3.76. The monoisotopic (exact) mass is 462 g/mol. The third kappa shape index (κ3) is 5.68. The average molecular weight is 463 g/mol. The number of ether oxygens (including phenoxy) is 1. The molecular formula is C23H30N2O4S2. The number of amides is 1. The molecule has 31 heavy (non-hydrogen) atoms. The number of carbonyl (C=O) groups is 1. The number of nitrogens with one attached hydrogen (secondary N) is 2. The minimum absolute atomic E-state index is 0.139. The Morgan fingerprint density at radius 2 is 1.81 bits per heavy atom. The third-order valence-corrected chi connectivity index (χ3v) is 7.89. The number of rotatable bonds is 8. The largest absolute Gasteiger partial charge is 0.381 e. The molecule has 8 heteroatoms. The van der Waals surface area contributed by atoms with Crippen molar-refractivity contribution in [1.29, 1.82) is 0 Å². The van der Waals surface area contributed by atoms with E-state index >= 15 is 0 Å². The summed E-state index contributed by atoms with van der Waals surface area (Å²) in [4.78, 5) is 13.1. The second kappa shape index (κ2) is 10.2. The van der Waals surface area contributed by atoms with Crippen LogP contribution < -0.4 is 10.0 Å². The van der Waals surface area contributed by atoms with Crippen LogP contribution in [0.3, 0.4) is 0 Å². The average Bonchev–Trinajstić information content (AvgIpc) is 2.79. The molecule has 6 nitrogen and oxygen atoms in total. The standard InChI is InChI=1S/C23H30N2O4S2/c1-17(2)22(26)25-20-15-19(9-10-21(20)30-3)31(27,28)24-16-23(11-13-29-14-12-23)18-7-5-4-6-8-18/h4-10,15,17,24H,11-14,16H2,1-3H3,(H,25,26). The lowest BCUT2D eigenvalue weighted by Crippen LogP contribution is -2.44. The summed E-state index contributed by atoms with van der Waals surface area (Å²) in [6.07, 6.45) is 3.39. The third-order valence-electron chi connectivity index (χ3n) is 5.70. The number of benzene rings is 2. The Balaban J connectivity index is 1.85. The minimum atomic E-state index is -3.76. The number of thioether (sulfide) groups is 1. The highest BCUT2D eigenvalue weighted by molar-refractivity contribution is 7.98. The van der Waals surface area contributed by atoms with Gasteiger partial charge in [0.1, 0.15) is 0 Å². The quantitative estimate of drug-likeness (QED) is 0.579. The lowest BCUT2D eigenvalue weighted by Gasteiger charge is -2.37. The van der Waals surface area contributed by atoms with Gasteiger partial charge in [-0.05, 0) is 42.9 Å². The Morgan fingerprint density at radius 1 is 1.13 bits per heavy atom. The first-order chi connectivity index (χ1) is 14.8. The fraction of sp³-hybridized carbons (Fsp3) is 0.435. The van der Waals surface area contributed by atoms with Gasteiger partial charge in [0.05, 0.1) is 10.6 Å². The van der Waals surface area contributed by atoms with Gasteiger partial charge >= 0.3 is 0 Å². The van der Waals surface area contributed by atoms with Gasteiger partial charge in [0.25, 0.3) is 0 Å². The summed E-state index contributed by atoms with van der Waals surface area (Å²) >= 11 is 1.46. The first-order valence-corrected chi connectivity index (χ1v) is 13.1. The van der Waals surface area contributed by atoms with Gasteiger partial charge in [-0.3, -0.25) is 4.79 Å². The van der Waals surface area contributed by atoms with Crippen LogP contribution in [0.5, 0.6) is 0 Å². The molecule has 1 heterocycles. The van der Waals surface area contributed by atoms with Crippen molar-refractivity contribution >= 4 is 33.4 Å². The molecule has 0 bridgehead atoms. The van der Waals surface area contributed by atoms with E-state index in [0.29, 0.717) is 25.4 Å². The normalized spacial score (nSPS) is 16.3. The van der Waals surface area contributed by atoms with Crippen molar-refractivity contribution in [3.63, 3.8) is 0 Å². The summed E-state index contributed by atoms with van der Waals surface area (Å²) < 4.78 is 34.7. The van der Waals surface area contributed by atoms with Crippen molar-refractivity contribution in [2.24, 2.45) is 5.92 Å². The smallest absolute Gasteiger partial charge is 0.240 e. The predicted molar refractivity (Wildman–Crippen MR) is 125 cm³/mol. The molecular weight excluding hydrogens is 432 g/mol. The van der Waals surface area contributed by atoms with Crippen molar-refractivity contribution < 1.29 is 17.9 Å². The Labute approximate surface area is 189 Å². The minimum Gasteiger partial charge on any atom is -0.381 e. The molecule has 0 unspecified atom stereocenters. The molecule has 0 radical (unpaired) electrons. The fourth-order valence-corrected chi connectivity index (χ4v) is 5.35. The van der Waals surface area contributed by atoms with Crippen LogP contribution in [0.2, 0.25) is 0 Å². The zero-order valence-electron chi connectivity index (χ0n) is 18.2. The number of sulfonamides is 1. The van der Waals surface area contributed by atoms with Gasteiger partial charge in [0, 0.05) is 36.0 Å². The van der Waals surface area contributed by atoms with Gasteiger partial charge in [-0.1, -0.05) is 44.2 Å². The van der Waals surface area contributed by atoms with Gasteiger partial charge < -0.3 is 10.1 Å². The van der Waals surface area contributed by atoms with Crippen LogP contribution in [-0.2, 0) is 25.0 Å². The molecule has 2 aromatic carbocycles. The highest BCUT2D eigenvalue weighted by Gasteiger charge is 2.35. The molecule has 1 fully saturated rings. The first kappa shape index (κ1) is 23.8. The Bertz CT molecular complexity index is 1000. The molecule has 1 aliphatic rings. The van der Waals surface area contributed by atoms with Gasteiger partial charge in [0.15, 0.2) is 0 Å².